The Hall–Kier alpha value is -1.06. The lowest BCUT2D eigenvalue weighted by Gasteiger charge is -2.26. The summed E-state index contributed by atoms with van der Waals surface area (Å²) in [6, 6.07) is 8.50. The summed E-state index contributed by atoms with van der Waals surface area (Å²) in [5, 5.41) is 0. The molecule has 18 heavy (non-hydrogen) atoms. The van der Waals surface area contributed by atoms with Crippen LogP contribution in [0.5, 0.6) is 5.75 Å². The predicted molar refractivity (Wildman–Crippen MR) is 72.0 cm³/mol. The smallest absolute Gasteiger partial charge is 0.124 e. The molecular weight excluding hydrogens is 224 g/mol. The lowest BCUT2D eigenvalue weighted by Crippen LogP contribution is -2.33. The number of rotatable bonds is 5. The lowest BCUT2D eigenvalue weighted by atomic mass is 9.89. The van der Waals surface area contributed by atoms with Crippen LogP contribution in [0.3, 0.4) is 0 Å². The first-order valence-electron chi connectivity index (χ1n) is 7.01. The second-order valence-electron chi connectivity index (χ2n) is 5.60. The second kappa shape index (κ2) is 4.90. The number of nitrogens with one attached hydrogen (secondary N) is 1. The van der Waals surface area contributed by atoms with E-state index in [2.05, 4.69) is 17.6 Å². The van der Waals surface area contributed by atoms with E-state index in [9.17, 15) is 0 Å². The van der Waals surface area contributed by atoms with E-state index < -0.39 is 0 Å². The minimum atomic E-state index is 0.237. The average Bonchev–Trinajstić information content (AvgIpc) is 3.00. The van der Waals surface area contributed by atoms with E-state index in [0.717, 1.165) is 17.6 Å². The average molecular weight is 246 g/mol. The van der Waals surface area contributed by atoms with Gasteiger partial charge in [0.15, 0.2) is 0 Å². The monoisotopic (exact) mass is 246 g/mol. The predicted octanol–water partition coefficient (Wildman–Crippen LogP) is 2.64. The van der Waals surface area contributed by atoms with E-state index in [1.807, 2.05) is 19.1 Å². The van der Waals surface area contributed by atoms with Crippen molar-refractivity contribution in [2.24, 2.45) is 23.6 Å². The Morgan fingerprint density at radius 1 is 1.28 bits per heavy atom. The first-order chi connectivity index (χ1) is 8.83. The van der Waals surface area contributed by atoms with Gasteiger partial charge in [0.05, 0.1) is 12.6 Å². The van der Waals surface area contributed by atoms with E-state index in [4.69, 9.17) is 10.6 Å². The fourth-order valence-electron chi connectivity index (χ4n) is 3.54. The van der Waals surface area contributed by atoms with Gasteiger partial charge < -0.3 is 4.74 Å². The van der Waals surface area contributed by atoms with E-state index in [1.54, 1.807) is 0 Å². The molecule has 0 aliphatic heterocycles. The molecule has 0 spiro atoms. The number of para-hydroxylation sites is 1. The van der Waals surface area contributed by atoms with Crippen LogP contribution in [0.15, 0.2) is 24.3 Å². The normalized spacial score (nSPS) is 30.9. The number of hydrogen-bond acceptors (Lipinski definition) is 3. The van der Waals surface area contributed by atoms with Gasteiger partial charge in [-0.25, -0.2) is 0 Å². The molecule has 3 heteroatoms. The van der Waals surface area contributed by atoms with Crippen LogP contribution in [0.4, 0.5) is 0 Å². The van der Waals surface area contributed by atoms with Gasteiger partial charge in [-0.05, 0) is 50.0 Å². The van der Waals surface area contributed by atoms with Crippen molar-refractivity contribution in [3.8, 4) is 5.75 Å². The fourth-order valence-corrected chi connectivity index (χ4v) is 3.54. The molecule has 3 atom stereocenters. The molecule has 1 aromatic rings. The van der Waals surface area contributed by atoms with Crippen LogP contribution >= 0.6 is 0 Å². The van der Waals surface area contributed by atoms with Gasteiger partial charge >= 0.3 is 0 Å². The number of hydrazine groups is 1. The van der Waals surface area contributed by atoms with Crippen molar-refractivity contribution in [3.05, 3.63) is 29.8 Å². The highest BCUT2D eigenvalue weighted by Crippen LogP contribution is 2.57. The summed E-state index contributed by atoms with van der Waals surface area (Å²) in [6.07, 6.45) is 4.08. The molecule has 2 aliphatic rings. The van der Waals surface area contributed by atoms with Crippen molar-refractivity contribution < 1.29 is 4.74 Å². The maximum atomic E-state index is 5.80. The summed E-state index contributed by atoms with van der Waals surface area (Å²) in [5.41, 5.74) is 4.24. The van der Waals surface area contributed by atoms with Crippen LogP contribution in [-0.2, 0) is 0 Å². The number of benzene rings is 1. The van der Waals surface area contributed by atoms with Crippen LogP contribution in [0.1, 0.15) is 37.8 Å². The molecule has 3 nitrogen and oxygen atoms in total. The first kappa shape index (κ1) is 12.0. The molecule has 0 heterocycles. The molecule has 0 saturated heterocycles. The summed E-state index contributed by atoms with van der Waals surface area (Å²) in [5.74, 6) is 9.40. The molecule has 3 unspecified atom stereocenters. The number of fused-ring (bicyclic) bond motifs is 1. The molecule has 2 fully saturated rings. The Labute approximate surface area is 109 Å². The summed E-state index contributed by atoms with van der Waals surface area (Å²) in [4.78, 5) is 0. The van der Waals surface area contributed by atoms with Crippen molar-refractivity contribution >= 4 is 0 Å². The Kier molecular flexibility index (Phi) is 3.27. The number of nitrogens with two attached hydrogens (primary N) is 1. The van der Waals surface area contributed by atoms with Crippen molar-refractivity contribution in [1.82, 2.24) is 5.43 Å². The van der Waals surface area contributed by atoms with Crippen molar-refractivity contribution in [2.75, 3.05) is 6.61 Å². The van der Waals surface area contributed by atoms with E-state index in [0.29, 0.717) is 12.5 Å². The van der Waals surface area contributed by atoms with Gasteiger partial charge in [-0.15, -0.1) is 0 Å². The Morgan fingerprint density at radius 3 is 2.67 bits per heavy atom. The van der Waals surface area contributed by atoms with Gasteiger partial charge in [0.25, 0.3) is 0 Å². The largest absolute Gasteiger partial charge is 0.494 e. The molecule has 0 radical (unpaired) electrons. The summed E-state index contributed by atoms with van der Waals surface area (Å²) in [6.45, 7) is 2.72. The minimum Gasteiger partial charge on any atom is -0.494 e. The van der Waals surface area contributed by atoms with E-state index in [-0.39, 0.29) is 6.04 Å². The Morgan fingerprint density at radius 2 is 2.00 bits per heavy atom. The number of hydrogen-bond donors (Lipinski definition) is 2. The maximum absolute atomic E-state index is 5.80. The zero-order valence-corrected chi connectivity index (χ0v) is 10.9. The van der Waals surface area contributed by atoms with Crippen molar-refractivity contribution in [1.29, 1.82) is 0 Å². The standard InChI is InChI=1S/C15H22N2O/c1-2-18-14-6-4-3-5-13(14)15(17-16)12-8-10-7-11(10)9-12/h3-6,10-12,15,17H,2,7-9,16H2,1H3. The Balaban J connectivity index is 1.81. The van der Waals surface area contributed by atoms with Crippen molar-refractivity contribution in [3.63, 3.8) is 0 Å². The highest BCUT2D eigenvalue weighted by molar-refractivity contribution is 5.36. The molecule has 1 aromatic carbocycles. The van der Waals surface area contributed by atoms with Crippen LogP contribution in [0, 0.1) is 17.8 Å². The van der Waals surface area contributed by atoms with Crippen LogP contribution < -0.4 is 16.0 Å². The summed E-state index contributed by atoms with van der Waals surface area (Å²) >= 11 is 0. The zero-order valence-electron chi connectivity index (χ0n) is 10.9. The molecular formula is C15H22N2O. The molecule has 3 rings (SSSR count). The third-order valence-electron chi connectivity index (χ3n) is 4.48. The van der Waals surface area contributed by atoms with Crippen LogP contribution in [0.2, 0.25) is 0 Å². The molecule has 0 aromatic heterocycles. The highest BCUT2D eigenvalue weighted by Gasteiger charge is 2.48. The van der Waals surface area contributed by atoms with Gasteiger partial charge in [0, 0.05) is 5.56 Å². The Bertz CT molecular complexity index is 411. The molecule has 0 amide bonds. The highest BCUT2D eigenvalue weighted by atomic mass is 16.5. The second-order valence-corrected chi connectivity index (χ2v) is 5.60. The lowest BCUT2D eigenvalue weighted by molar-refractivity contribution is 0.306. The quantitative estimate of drug-likeness (QED) is 0.620. The van der Waals surface area contributed by atoms with E-state index >= 15 is 0 Å². The molecule has 3 N–H and O–H groups in total. The summed E-state index contributed by atoms with van der Waals surface area (Å²) < 4.78 is 5.72. The third kappa shape index (κ3) is 2.13. The maximum Gasteiger partial charge on any atom is 0.124 e. The topological polar surface area (TPSA) is 47.3 Å². The molecule has 0 bridgehead atoms. The SMILES string of the molecule is CCOc1ccccc1C(NN)C1CC2CC2C1. The molecule has 98 valence electrons. The first-order valence-corrected chi connectivity index (χ1v) is 7.01. The summed E-state index contributed by atoms with van der Waals surface area (Å²) in [7, 11) is 0. The number of ether oxygens (including phenoxy) is 1. The fraction of sp³-hybridized carbons (Fsp3) is 0.600. The van der Waals surface area contributed by atoms with Gasteiger partial charge in [0.1, 0.15) is 5.75 Å². The van der Waals surface area contributed by atoms with Crippen LogP contribution in [0.25, 0.3) is 0 Å². The van der Waals surface area contributed by atoms with Gasteiger partial charge in [0.2, 0.25) is 0 Å². The third-order valence-corrected chi connectivity index (χ3v) is 4.48. The molecule has 2 aliphatic carbocycles. The van der Waals surface area contributed by atoms with Gasteiger partial charge in [-0.3, -0.25) is 11.3 Å². The minimum absolute atomic E-state index is 0.237. The molecule has 2 saturated carbocycles. The van der Waals surface area contributed by atoms with Gasteiger partial charge in [-0.2, -0.15) is 0 Å². The van der Waals surface area contributed by atoms with Gasteiger partial charge in [-0.1, -0.05) is 18.2 Å². The zero-order chi connectivity index (χ0) is 12.5. The van der Waals surface area contributed by atoms with Crippen LogP contribution in [-0.4, -0.2) is 6.61 Å². The van der Waals surface area contributed by atoms with E-state index in [1.165, 1.54) is 24.8 Å². The van der Waals surface area contributed by atoms with Crippen molar-refractivity contribution in [2.45, 2.75) is 32.2 Å².